The Morgan fingerprint density at radius 3 is 2.45 bits per heavy atom. The van der Waals surface area contributed by atoms with Crippen LogP contribution in [-0.2, 0) is 45.6 Å². The van der Waals surface area contributed by atoms with Gasteiger partial charge in [0.15, 0.2) is 5.60 Å². The van der Waals surface area contributed by atoms with Gasteiger partial charge in [0.2, 0.25) is 29.4 Å². The van der Waals surface area contributed by atoms with Gasteiger partial charge in [-0.25, -0.2) is 0 Å². The molecule has 2 aliphatic heterocycles. The van der Waals surface area contributed by atoms with Gasteiger partial charge in [-0.15, -0.1) is 0 Å². The number of aromatic hydroxyl groups is 1. The molecular weight excluding hydrogens is 640 g/mol. The summed E-state index contributed by atoms with van der Waals surface area (Å²) < 4.78 is 0. The lowest BCUT2D eigenvalue weighted by Gasteiger charge is -2.33. The largest absolute Gasteiger partial charge is 0.507 e. The molecule has 2 aliphatic rings. The number of phenols is 1. The van der Waals surface area contributed by atoms with E-state index in [1.165, 1.54) is 49.4 Å². The quantitative estimate of drug-likeness (QED) is 0.149. The average molecular weight is 679 g/mol. The second-order valence-corrected chi connectivity index (χ2v) is 11.9. The van der Waals surface area contributed by atoms with Gasteiger partial charge in [0, 0.05) is 29.0 Å². The van der Waals surface area contributed by atoms with Gasteiger partial charge in [-0.1, -0.05) is 44.2 Å². The molecule has 0 saturated heterocycles. The van der Waals surface area contributed by atoms with Crippen LogP contribution >= 0.6 is 0 Å². The van der Waals surface area contributed by atoms with Crippen LogP contribution < -0.4 is 32.3 Å². The molecule has 0 saturated carbocycles. The van der Waals surface area contributed by atoms with Crippen molar-refractivity contribution >= 4 is 46.9 Å². The minimum Gasteiger partial charge on any atom is -0.507 e. The highest BCUT2D eigenvalue weighted by Crippen LogP contribution is 2.46. The van der Waals surface area contributed by atoms with Gasteiger partial charge in [0.25, 0.3) is 11.8 Å². The Morgan fingerprint density at radius 1 is 1.08 bits per heavy atom. The van der Waals surface area contributed by atoms with Crippen LogP contribution in [-0.4, -0.2) is 80.8 Å². The molecule has 0 unspecified atom stereocenters. The highest BCUT2D eigenvalue weighted by atomic mass is 16.4. The number of amides is 6. The summed E-state index contributed by atoms with van der Waals surface area (Å²) in [5.41, 5.74) is 2.95. The Bertz CT molecular complexity index is 1740. The Labute approximate surface area is 280 Å². The monoisotopic (exact) mass is 678 g/mol. The maximum atomic E-state index is 13.7. The van der Waals surface area contributed by atoms with Crippen LogP contribution in [0.2, 0.25) is 0 Å². The van der Waals surface area contributed by atoms with E-state index in [2.05, 4.69) is 26.6 Å². The molecule has 0 radical (unpaired) electrons. The van der Waals surface area contributed by atoms with E-state index in [1.807, 2.05) is 0 Å². The number of para-hydroxylation sites is 1. The normalized spacial score (nSPS) is 24.3. The van der Waals surface area contributed by atoms with Gasteiger partial charge in [-0.3, -0.25) is 33.6 Å². The van der Waals surface area contributed by atoms with Crippen LogP contribution in [0, 0.1) is 5.92 Å². The number of aliphatic hydroxyl groups is 2. The first kappa shape index (κ1) is 36.2. The molecule has 49 heavy (non-hydrogen) atoms. The molecule has 2 aromatic carbocycles. The molecule has 0 fully saturated rings. The molecule has 0 aliphatic carbocycles. The lowest BCUT2D eigenvalue weighted by Crippen LogP contribution is -2.64. The van der Waals surface area contributed by atoms with E-state index in [4.69, 9.17) is 5.73 Å². The molecule has 16 heteroatoms. The number of fused-ring (bicyclic) bond motifs is 3. The van der Waals surface area contributed by atoms with E-state index in [1.54, 1.807) is 13.8 Å². The second kappa shape index (κ2) is 14.7. The number of primary amides is 1. The molecule has 6 amide bonds. The van der Waals surface area contributed by atoms with Crippen LogP contribution in [0.1, 0.15) is 44.7 Å². The maximum Gasteiger partial charge on any atom is 0.288 e. The zero-order valence-electron chi connectivity index (χ0n) is 26.9. The van der Waals surface area contributed by atoms with Crippen molar-refractivity contribution in [3.05, 3.63) is 59.8 Å². The predicted molar refractivity (Wildman–Crippen MR) is 173 cm³/mol. The minimum absolute atomic E-state index is 0.0270. The van der Waals surface area contributed by atoms with Crippen molar-refractivity contribution in [1.82, 2.24) is 21.3 Å². The summed E-state index contributed by atoms with van der Waals surface area (Å²) in [6.45, 7) is 4.79. The molecule has 10 N–H and O–H groups in total. The zero-order chi connectivity index (χ0) is 36.2. The van der Waals surface area contributed by atoms with E-state index in [0.29, 0.717) is 12.0 Å². The van der Waals surface area contributed by atoms with E-state index >= 15 is 0 Å². The van der Waals surface area contributed by atoms with Gasteiger partial charge in [-0.2, -0.15) is 0 Å². The molecular formula is C33H38N6O10. The molecule has 4 rings (SSSR count). The Hall–Kier alpha value is -5.61. The number of rotatable bonds is 8. The summed E-state index contributed by atoms with van der Waals surface area (Å²) in [4.78, 5) is 91.8. The average Bonchev–Trinajstić information content (AvgIpc) is 3.34. The fourth-order valence-corrected chi connectivity index (χ4v) is 5.58. The summed E-state index contributed by atoms with van der Waals surface area (Å²) in [6, 6.07) is 3.02. The number of phenolic OH excluding ortho intramolecular Hbond substituents is 1. The number of aliphatic hydroxyl groups excluding tert-OH is 1. The number of nitrogens with one attached hydrogen (secondary N) is 5. The molecule has 2 aromatic rings. The number of hydrogen-bond donors (Lipinski definition) is 9. The van der Waals surface area contributed by atoms with Crippen molar-refractivity contribution in [2.45, 2.75) is 69.9 Å². The van der Waals surface area contributed by atoms with Gasteiger partial charge >= 0.3 is 0 Å². The van der Waals surface area contributed by atoms with Crippen LogP contribution in [0.15, 0.2) is 48.7 Å². The van der Waals surface area contributed by atoms with E-state index in [0.717, 1.165) is 6.20 Å². The second-order valence-electron chi connectivity index (χ2n) is 11.9. The van der Waals surface area contributed by atoms with E-state index in [9.17, 15) is 48.9 Å². The van der Waals surface area contributed by atoms with Crippen molar-refractivity contribution in [3.63, 3.8) is 0 Å². The third kappa shape index (κ3) is 7.29. The number of allylic oxidation sites excluding steroid dienone is 1. The first-order valence-corrected chi connectivity index (χ1v) is 15.5. The standard InChI is InChI=1S/C33H38N6O10/c1-4-11-35-30(46)25-27(43)33(49)19-8-6-7-17(24(19)39-32(33)48)18-12-16(9-10-22(18)40)13-20(37-31(47)26(42)15(3)5-2)28(44)36-21(14-23(34)41)29(45)38-25/h4,6-12,15,20-21,25,27,40,43,49H,5,13-14H2,1-3H3,(H2,34,41)(H,35,46)(H,36,44)(H,37,47)(H,38,45)(H,39,48)/b11-4-/t15-,20-,21-,25-,27+,33-/m0/s1. The first-order valence-electron chi connectivity index (χ1n) is 15.5. The highest BCUT2D eigenvalue weighted by molar-refractivity contribution is 6.37. The van der Waals surface area contributed by atoms with Crippen LogP contribution in [0.25, 0.3) is 11.1 Å². The van der Waals surface area contributed by atoms with Gasteiger partial charge in [0.1, 0.15) is 30.0 Å². The summed E-state index contributed by atoms with van der Waals surface area (Å²) >= 11 is 0. The smallest absolute Gasteiger partial charge is 0.288 e. The minimum atomic E-state index is -2.83. The third-order valence-corrected chi connectivity index (χ3v) is 8.51. The lowest BCUT2D eigenvalue weighted by molar-refractivity contribution is -0.155. The third-order valence-electron chi connectivity index (χ3n) is 8.51. The number of anilines is 1. The summed E-state index contributed by atoms with van der Waals surface area (Å²) in [5.74, 6) is -8.38. The highest BCUT2D eigenvalue weighted by Gasteiger charge is 2.56. The van der Waals surface area contributed by atoms with E-state index in [-0.39, 0.29) is 34.5 Å². The van der Waals surface area contributed by atoms with Crippen molar-refractivity contribution in [3.8, 4) is 16.9 Å². The molecule has 6 bridgehead atoms. The van der Waals surface area contributed by atoms with Gasteiger partial charge < -0.3 is 47.6 Å². The predicted octanol–water partition coefficient (Wildman–Crippen LogP) is -1.29. The number of benzene rings is 2. The summed E-state index contributed by atoms with van der Waals surface area (Å²) in [5, 5.41) is 46.0. The van der Waals surface area contributed by atoms with Crippen molar-refractivity contribution < 1.29 is 48.9 Å². The Balaban J connectivity index is 1.93. The fourth-order valence-electron chi connectivity index (χ4n) is 5.58. The molecule has 2 heterocycles. The van der Waals surface area contributed by atoms with Crippen molar-refractivity contribution in [2.24, 2.45) is 11.7 Å². The van der Waals surface area contributed by atoms with Crippen LogP contribution in [0.3, 0.4) is 0 Å². The maximum absolute atomic E-state index is 13.7. The summed E-state index contributed by atoms with van der Waals surface area (Å²) in [6.07, 6.45) is -0.553. The fraction of sp³-hybridized carbons (Fsp3) is 0.364. The lowest BCUT2D eigenvalue weighted by atomic mass is 9.83. The SMILES string of the molecule is C/C=C\NC(=O)[C@H]1NC(=O)[C@H](CC(N)=O)NC(=O)[C@@H](NC(=O)C(=O)[C@@H](C)CC)Cc2ccc(O)c(c2)-c2cccc3c2NC(=O)[C@@]3(O)[C@@H]1O. The van der Waals surface area contributed by atoms with Gasteiger partial charge in [0.05, 0.1) is 12.1 Å². The van der Waals surface area contributed by atoms with Crippen molar-refractivity contribution in [2.75, 3.05) is 5.32 Å². The number of Topliss-reactive ketones (excluding diaryl/α,β-unsaturated/α-hetero) is 1. The zero-order valence-corrected chi connectivity index (χ0v) is 26.9. The Morgan fingerprint density at radius 2 is 1.80 bits per heavy atom. The summed E-state index contributed by atoms with van der Waals surface area (Å²) in [7, 11) is 0. The number of nitrogens with two attached hydrogens (primary N) is 1. The van der Waals surface area contributed by atoms with Crippen LogP contribution in [0.4, 0.5) is 5.69 Å². The number of ketones is 1. The van der Waals surface area contributed by atoms with Crippen LogP contribution in [0.5, 0.6) is 5.75 Å². The number of hydrogen-bond acceptors (Lipinski definition) is 10. The molecule has 6 atom stereocenters. The number of carbonyl (C=O) groups is 7. The topological polar surface area (TPSA) is 266 Å². The molecule has 260 valence electrons. The molecule has 0 spiro atoms. The van der Waals surface area contributed by atoms with Gasteiger partial charge in [-0.05, 0) is 37.2 Å². The first-order chi connectivity index (χ1) is 23.1. The van der Waals surface area contributed by atoms with E-state index < -0.39 is 83.4 Å². The molecule has 16 nitrogen and oxygen atoms in total. The number of carbonyl (C=O) groups excluding carboxylic acids is 7. The molecule has 0 aromatic heterocycles. The van der Waals surface area contributed by atoms with Crippen molar-refractivity contribution in [1.29, 1.82) is 0 Å². The Kier molecular flexibility index (Phi) is 10.8.